The Morgan fingerprint density at radius 3 is 2.36 bits per heavy atom. The summed E-state index contributed by atoms with van der Waals surface area (Å²) in [4.78, 5) is 5.81. The van der Waals surface area contributed by atoms with Crippen LogP contribution >= 0.6 is 11.6 Å². The van der Waals surface area contributed by atoms with Crippen molar-refractivity contribution in [1.82, 2.24) is 4.57 Å². The molecule has 3 aromatic rings. The Balaban J connectivity index is 0.00000109. The summed E-state index contributed by atoms with van der Waals surface area (Å²) in [5.41, 5.74) is 5.97. The van der Waals surface area contributed by atoms with Crippen molar-refractivity contribution in [3.8, 4) is 5.69 Å². The van der Waals surface area contributed by atoms with Crippen LogP contribution in [-0.2, 0) is 10.4 Å². The van der Waals surface area contributed by atoms with Crippen LogP contribution < -0.4 is 0 Å². The third-order valence-electron chi connectivity index (χ3n) is 4.94. The maximum Gasteiger partial charge on any atom is 0.165 e. The highest BCUT2D eigenvalue weighted by Crippen LogP contribution is 2.36. The van der Waals surface area contributed by atoms with E-state index < -0.39 is 5.60 Å². The van der Waals surface area contributed by atoms with Crippen molar-refractivity contribution in [3.05, 3.63) is 88.2 Å². The van der Waals surface area contributed by atoms with Gasteiger partial charge in [-0.25, -0.2) is 0 Å². The molecule has 1 aromatic heterocycles. The molecule has 0 saturated heterocycles. The summed E-state index contributed by atoms with van der Waals surface area (Å²) >= 11 is 6.60. The van der Waals surface area contributed by atoms with Gasteiger partial charge in [0.1, 0.15) is 0 Å². The second kappa shape index (κ2) is 8.24. The monoisotopic (exact) mass is 394 g/mol. The molecule has 4 rings (SSSR count). The third-order valence-corrected chi connectivity index (χ3v) is 5.24. The van der Waals surface area contributed by atoms with Gasteiger partial charge in [0.2, 0.25) is 0 Å². The van der Waals surface area contributed by atoms with Crippen LogP contribution in [0.3, 0.4) is 0 Å². The quantitative estimate of drug-likeness (QED) is 0.479. The molecule has 0 amide bonds. The minimum absolute atomic E-state index is 0.435. The van der Waals surface area contributed by atoms with E-state index in [0.717, 1.165) is 28.2 Å². The smallest absolute Gasteiger partial charge is 0.165 e. The Kier molecular flexibility index (Phi) is 5.95. The third kappa shape index (κ3) is 3.85. The topological polar surface area (TPSA) is 26.5 Å². The normalized spacial score (nSPS) is 18.1. The Labute approximate surface area is 172 Å². The van der Waals surface area contributed by atoms with Crippen LogP contribution in [0.25, 0.3) is 5.69 Å². The minimum atomic E-state index is -0.435. The van der Waals surface area contributed by atoms with Gasteiger partial charge in [0.15, 0.2) is 5.60 Å². The molecule has 0 saturated carbocycles. The lowest BCUT2D eigenvalue weighted by molar-refractivity contribution is -0.00738. The van der Waals surface area contributed by atoms with E-state index in [1.54, 1.807) is 0 Å². The van der Waals surface area contributed by atoms with E-state index in [4.69, 9.17) is 16.4 Å². The number of hydrogen-bond acceptors (Lipinski definition) is 2. The van der Waals surface area contributed by atoms with Crippen LogP contribution in [0.4, 0.5) is 0 Å². The van der Waals surface area contributed by atoms with Gasteiger partial charge in [-0.1, -0.05) is 67.0 Å². The maximum atomic E-state index is 6.60. The van der Waals surface area contributed by atoms with Crippen LogP contribution in [-0.4, -0.2) is 10.3 Å². The van der Waals surface area contributed by atoms with Crippen LogP contribution in [0, 0.1) is 13.8 Å². The van der Waals surface area contributed by atoms with E-state index in [1.165, 1.54) is 5.56 Å². The van der Waals surface area contributed by atoms with Gasteiger partial charge < -0.3 is 9.40 Å². The first kappa shape index (κ1) is 20.2. The lowest BCUT2D eigenvalue weighted by Gasteiger charge is -2.21. The Morgan fingerprint density at radius 1 is 1.04 bits per heavy atom. The molecule has 3 nitrogen and oxygen atoms in total. The van der Waals surface area contributed by atoms with Crippen molar-refractivity contribution < 1.29 is 4.84 Å². The van der Waals surface area contributed by atoms with Gasteiger partial charge >= 0.3 is 0 Å². The second-order valence-corrected chi connectivity index (χ2v) is 7.51. The fourth-order valence-electron chi connectivity index (χ4n) is 3.52. The molecule has 0 aliphatic carbocycles. The predicted octanol–water partition coefficient (Wildman–Crippen LogP) is 6.81. The molecule has 146 valence electrons. The van der Waals surface area contributed by atoms with Gasteiger partial charge in [-0.3, -0.25) is 0 Å². The lowest BCUT2D eigenvalue weighted by Crippen LogP contribution is -2.21. The summed E-state index contributed by atoms with van der Waals surface area (Å²) in [7, 11) is 0. The lowest BCUT2D eigenvalue weighted by atomic mass is 9.89. The van der Waals surface area contributed by atoms with Crippen LogP contribution in [0.1, 0.15) is 49.6 Å². The van der Waals surface area contributed by atoms with Gasteiger partial charge in [-0.2, -0.15) is 0 Å². The fraction of sp³-hybridized carbons (Fsp3) is 0.292. The summed E-state index contributed by atoms with van der Waals surface area (Å²) in [6.45, 7) is 10.2. The number of nitrogens with zero attached hydrogens (tertiary/aromatic N) is 2. The molecule has 4 heteroatoms. The van der Waals surface area contributed by atoms with Crippen molar-refractivity contribution in [3.63, 3.8) is 0 Å². The van der Waals surface area contributed by atoms with Gasteiger partial charge in [0.25, 0.3) is 0 Å². The first-order valence-corrected chi connectivity index (χ1v) is 10.1. The number of rotatable bonds is 3. The zero-order valence-corrected chi connectivity index (χ0v) is 17.9. The molecular weight excluding hydrogens is 368 g/mol. The number of aryl methyl sites for hydroxylation is 2. The van der Waals surface area contributed by atoms with Crippen LogP contribution in [0.2, 0.25) is 5.02 Å². The molecule has 0 spiro atoms. The molecule has 1 aliphatic heterocycles. The van der Waals surface area contributed by atoms with Gasteiger partial charge in [-0.05, 0) is 50.1 Å². The van der Waals surface area contributed by atoms with E-state index in [9.17, 15) is 0 Å². The number of hydrogen-bond donors (Lipinski definition) is 0. The van der Waals surface area contributed by atoms with Crippen molar-refractivity contribution >= 4 is 17.3 Å². The first-order chi connectivity index (χ1) is 13.5. The van der Waals surface area contributed by atoms with E-state index in [-0.39, 0.29) is 0 Å². The molecule has 0 radical (unpaired) electrons. The molecule has 0 bridgehead atoms. The number of oxime groups is 1. The molecule has 1 aliphatic rings. The first-order valence-electron chi connectivity index (χ1n) is 9.73. The summed E-state index contributed by atoms with van der Waals surface area (Å²) in [5, 5.41) is 5.06. The molecule has 0 N–H and O–H groups in total. The molecule has 1 unspecified atom stereocenters. The van der Waals surface area contributed by atoms with Crippen LogP contribution in [0.15, 0.2) is 65.9 Å². The van der Waals surface area contributed by atoms with E-state index in [0.29, 0.717) is 11.4 Å². The summed E-state index contributed by atoms with van der Waals surface area (Å²) in [5.74, 6) is 0. The highest BCUT2D eigenvalue weighted by molar-refractivity contribution is 6.32. The highest BCUT2D eigenvalue weighted by atomic mass is 35.5. The summed E-state index contributed by atoms with van der Waals surface area (Å²) in [6.07, 6.45) is 2.81. The average Bonchev–Trinajstić information content (AvgIpc) is 3.27. The largest absolute Gasteiger partial charge is 0.384 e. The molecule has 2 heterocycles. The average molecular weight is 395 g/mol. The zero-order chi connectivity index (χ0) is 20.3. The Hall–Kier alpha value is -2.52. The van der Waals surface area contributed by atoms with E-state index >= 15 is 0 Å². The van der Waals surface area contributed by atoms with Crippen molar-refractivity contribution in [2.75, 3.05) is 0 Å². The zero-order valence-electron chi connectivity index (χ0n) is 17.2. The highest BCUT2D eigenvalue weighted by Gasteiger charge is 2.36. The predicted molar refractivity (Wildman–Crippen MR) is 118 cm³/mol. The number of halogens is 1. The Morgan fingerprint density at radius 2 is 1.75 bits per heavy atom. The second-order valence-electron chi connectivity index (χ2n) is 7.10. The van der Waals surface area contributed by atoms with Gasteiger partial charge in [0.05, 0.1) is 16.4 Å². The molecule has 0 fully saturated rings. The minimum Gasteiger partial charge on any atom is -0.384 e. The molecule has 2 aromatic carbocycles. The number of aromatic nitrogens is 1. The van der Waals surface area contributed by atoms with Crippen molar-refractivity contribution in [2.45, 2.75) is 46.6 Å². The molecule has 28 heavy (non-hydrogen) atoms. The van der Waals surface area contributed by atoms with E-state index in [1.807, 2.05) is 44.2 Å². The number of benzene rings is 2. The van der Waals surface area contributed by atoms with Crippen molar-refractivity contribution in [1.29, 1.82) is 0 Å². The standard InChI is InChI=1S/C22H21ClN2O.C2H6/c1-15-11-16(2)25(14-15)21-10-9-17(12-19(21)23)20-13-22(3,26-24-20)18-7-5-4-6-8-18;1-2/h4-12,14H,13H2,1-3H3;1-2H3. The maximum absolute atomic E-state index is 6.60. The molecule has 1 atom stereocenters. The fourth-order valence-corrected chi connectivity index (χ4v) is 3.79. The summed E-state index contributed by atoms with van der Waals surface area (Å²) in [6, 6.07) is 18.4. The SMILES string of the molecule is CC.Cc1cc(C)n(-c2ccc(C3=NOC(C)(c4ccccc4)C3)cc2Cl)c1. The Bertz CT molecular complexity index is 991. The summed E-state index contributed by atoms with van der Waals surface area (Å²) < 4.78 is 2.11. The van der Waals surface area contributed by atoms with Crippen molar-refractivity contribution in [2.24, 2.45) is 5.16 Å². The van der Waals surface area contributed by atoms with Gasteiger partial charge in [-0.15, -0.1) is 0 Å². The van der Waals surface area contributed by atoms with Gasteiger partial charge in [0, 0.05) is 23.9 Å². The van der Waals surface area contributed by atoms with E-state index in [2.05, 4.69) is 61.0 Å². The molecular formula is C24H27ClN2O. The van der Waals surface area contributed by atoms with Crippen LogP contribution in [0.5, 0.6) is 0 Å².